The number of carbonyl (C=O) groups excluding carboxylic acids is 2. The summed E-state index contributed by atoms with van der Waals surface area (Å²) < 4.78 is 1.79. The number of hydrogen-bond donors (Lipinski definition) is 1. The van der Waals surface area contributed by atoms with Crippen LogP contribution in [0.3, 0.4) is 0 Å². The van der Waals surface area contributed by atoms with Crippen molar-refractivity contribution >= 4 is 11.8 Å². The van der Waals surface area contributed by atoms with E-state index >= 15 is 0 Å². The lowest BCUT2D eigenvalue weighted by molar-refractivity contribution is -0.138. The molecule has 0 radical (unpaired) electrons. The van der Waals surface area contributed by atoms with Crippen molar-refractivity contribution in [1.29, 1.82) is 0 Å². The van der Waals surface area contributed by atoms with Crippen LogP contribution < -0.4 is 5.32 Å². The van der Waals surface area contributed by atoms with Crippen molar-refractivity contribution in [3.63, 3.8) is 0 Å². The van der Waals surface area contributed by atoms with E-state index in [1.165, 1.54) is 5.56 Å². The van der Waals surface area contributed by atoms with Crippen molar-refractivity contribution in [2.24, 2.45) is 5.92 Å². The number of hydrogen-bond acceptors (Lipinski definition) is 3. The van der Waals surface area contributed by atoms with Gasteiger partial charge in [-0.1, -0.05) is 30.3 Å². The molecule has 2 heterocycles. The summed E-state index contributed by atoms with van der Waals surface area (Å²) >= 11 is 0. The Labute approximate surface area is 154 Å². The van der Waals surface area contributed by atoms with Crippen LogP contribution >= 0.6 is 0 Å². The molecule has 26 heavy (non-hydrogen) atoms. The third kappa shape index (κ3) is 5.18. The van der Waals surface area contributed by atoms with Gasteiger partial charge in [-0.15, -0.1) is 0 Å². The largest absolute Gasteiger partial charge is 0.354 e. The van der Waals surface area contributed by atoms with Gasteiger partial charge in [0.15, 0.2) is 0 Å². The van der Waals surface area contributed by atoms with E-state index in [0.717, 1.165) is 12.8 Å². The number of piperidine rings is 1. The number of amides is 2. The first-order valence-electron chi connectivity index (χ1n) is 9.29. The third-order valence-corrected chi connectivity index (χ3v) is 4.81. The van der Waals surface area contributed by atoms with Crippen molar-refractivity contribution in [3.05, 3.63) is 54.4 Å². The number of aryl methyl sites for hydroxylation is 1. The van der Waals surface area contributed by atoms with E-state index in [-0.39, 0.29) is 17.7 Å². The Balaban J connectivity index is 1.41. The lowest BCUT2D eigenvalue weighted by Crippen LogP contribution is -2.46. The highest BCUT2D eigenvalue weighted by molar-refractivity contribution is 5.83. The van der Waals surface area contributed by atoms with Gasteiger partial charge in [0.25, 0.3) is 0 Å². The predicted molar refractivity (Wildman–Crippen MR) is 99.3 cm³/mol. The van der Waals surface area contributed by atoms with Crippen LogP contribution in [0.5, 0.6) is 0 Å². The van der Waals surface area contributed by atoms with E-state index in [0.29, 0.717) is 39.0 Å². The van der Waals surface area contributed by atoms with Gasteiger partial charge in [0.2, 0.25) is 11.8 Å². The predicted octanol–water partition coefficient (Wildman–Crippen LogP) is 1.87. The second kappa shape index (κ2) is 9.17. The summed E-state index contributed by atoms with van der Waals surface area (Å²) in [4.78, 5) is 26.4. The van der Waals surface area contributed by atoms with E-state index in [2.05, 4.69) is 22.5 Å². The normalized spacial score (nSPS) is 17.3. The maximum absolute atomic E-state index is 12.4. The molecule has 1 aliphatic heterocycles. The zero-order valence-corrected chi connectivity index (χ0v) is 15.0. The van der Waals surface area contributed by atoms with Crippen LogP contribution in [0.1, 0.15) is 24.8 Å². The average molecular weight is 354 g/mol. The SMILES string of the molecule is O=C(NCCn1cccn1)[C@@H]1CCC(=O)N(CCCc2ccccc2)C1. The molecule has 6 heteroatoms. The van der Waals surface area contributed by atoms with Crippen LogP contribution in [0.2, 0.25) is 0 Å². The summed E-state index contributed by atoms with van der Waals surface area (Å²) in [5.41, 5.74) is 1.28. The first-order chi connectivity index (χ1) is 12.7. The van der Waals surface area contributed by atoms with Crippen molar-refractivity contribution in [1.82, 2.24) is 20.0 Å². The number of benzene rings is 1. The molecule has 138 valence electrons. The molecule has 1 aromatic heterocycles. The first kappa shape index (κ1) is 18.2. The van der Waals surface area contributed by atoms with Gasteiger partial charge in [-0.25, -0.2) is 0 Å². The van der Waals surface area contributed by atoms with Crippen LogP contribution in [-0.2, 0) is 22.6 Å². The van der Waals surface area contributed by atoms with E-state index in [1.54, 1.807) is 10.9 Å². The summed E-state index contributed by atoms with van der Waals surface area (Å²) in [5, 5.41) is 7.09. The van der Waals surface area contributed by atoms with E-state index in [1.807, 2.05) is 35.4 Å². The fraction of sp³-hybridized carbons (Fsp3) is 0.450. The van der Waals surface area contributed by atoms with Crippen LogP contribution in [0.4, 0.5) is 0 Å². The quantitative estimate of drug-likeness (QED) is 0.787. The topological polar surface area (TPSA) is 67.2 Å². The second-order valence-corrected chi connectivity index (χ2v) is 6.72. The highest BCUT2D eigenvalue weighted by Crippen LogP contribution is 2.18. The molecule has 1 aromatic carbocycles. The molecule has 1 fully saturated rings. The zero-order valence-electron chi connectivity index (χ0n) is 15.0. The summed E-state index contributed by atoms with van der Waals surface area (Å²) in [6, 6.07) is 12.1. The lowest BCUT2D eigenvalue weighted by atomic mass is 9.96. The first-order valence-corrected chi connectivity index (χ1v) is 9.29. The highest BCUT2D eigenvalue weighted by Gasteiger charge is 2.29. The monoisotopic (exact) mass is 354 g/mol. The molecular formula is C20H26N4O2. The summed E-state index contributed by atoms with van der Waals surface area (Å²) in [6.07, 6.45) is 6.57. The van der Waals surface area contributed by atoms with Crippen LogP contribution in [0.25, 0.3) is 0 Å². The third-order valence-electron chi connectivity index (χ3n) is 4.81. The number of rotatable bonds is 8. The number of aromatic nitrogens is 2. The summed E-state index contributed by atoms with van der Waals surface area (Å²) in [5.74, 6) is 0.0958. The molecule has 2 aromatic rings. The highest BCUT2D eigenvalue weighted by atomic mass is 16.2. The Hall–Kier alpha value is -2.63. The van der Waals surface area contributed by atoms with Gasteiger partial charge < -0.3 is 10.2 Å². The molecule has 1 N–H and O–H groups in total. The molecule has 0 unspecified atom stereocenters. The van der Waals surface area contributed by atoms with Crippen molar-refractivity contribution in [2.75, 3.05) is 19.6 Å². The molecule has 6 nitrogen and oxygen atoms in total. The summed E-state index contributed by atoms with van der Waals surface area (Å²) in [7, 11) is 0. The molecule has 0 saturated carbocycles. The van der Waals surface area contributed by atoms with Gasteiger partial charge in [-0.3, -0.25) is 14.3 Å². The van der Waals surface area contributed by atoms with Crippen molar-refractivity contribution < 1.29 is 9.59 Å². The minimum Gasteiger partial charge on any atom is -0.354 e. The number of likely N-dealkylation sites (tertiary alicyclic amines) is 1. The fourth-order valence-corrected chi connectivity index (χ4v) is 3.33. The maximum atomic E-state index is 12.4. The average Bonchev–Trinajstić information content (AvgIpc) is 3.17. The minimum atomic E-state index is -0.109. The Bertz CT molecular complexity index is 700. The molecule has 1 atom stereocenters. The maximum Gasteiger partial charge on any atom is 0.224 e. The van der Waals surface area contributed by atoms with Crippen LogP contribution in [0.15, 0.2) is 48.8 Å². The standard InChI is InChI=1S/C20H26N4O2/c25-19-10-9-18(20(26)21-12-15-24-14-5-11-22-24)16-23(19)13-4-8-17-6-2-1-3-7-17/h1-3,5-7,11,14,18H,4,8-10,12-13,15-16H2,(H,21,26)/t18-/m1/s1. The smallest absolute Gasteiger partial charge is 0.224 e. The molecule has 1 saturated heterocycles. The Kier molecular flexibility index (Phi) is 6.41. The number of carbonyl (C=O) groups is 2. The van der Waals surface area contributed by atoms with Crippen molar-refractivity contribution in [3.8, 4) is 0 Å². The summed E-state index contributed by atoms with van der Waals surface area (Å²) in [6.45, 7) is 2.45. The van der Waals surface area contributed by atoms with E-state index in [9.17, 15) is 9.59 Å². The Morgan fingerprint density at radius 1 is 1.19 bits per heavy atom. The van der Waals surface area contributed by atoms with Gasteiger partial charge in [0.05, 0.1) is 12.5 Å². The fourth-order valence-electron chi connectivity index (χ4n) is 3.33. The van der Waals surface area contributed by atoms with Gasteiger partial charge in [0.1, 0.15) is 0 Å². The molecule has 3 rings (SSSR count). The second-order valence-electron chi connectivity index (χ2n) is 6.72. The number of nitrogens with zero attached hydrogens (tertiary/aromatic N) is 3. The molecule has 1 aliphatic rings. The molecule has 0 aliphatic carbocycles. The molecular weight excluding hydrogens is 328 g/mol. The van der Waals surface area contributed by atoms with E-state index in [4.69, 9.17) is 0 Å². The van der Waals surface area contributed by atoms with Crippen LogP contribution in [-0.4, -0.2) is 46.1 Å². The molecule has 0 bridgehead atoms. The van der Waals surface area contributed by atoms with Crippen molar-refractivity contribution in [2.45, 2.75) is 32.2 Å². The van der Waals surface area contributed by atoms with Gasteiger partial charge in [-0.2, -0.15) is 5.10 Å². The molecule has 0 spiro atoms. The van der Waals surface area contributed by atoms with Crippen LogP contribution in [0, 0.1) is 5.92 Å². The zero-order chi connectivity index (χ0) is 18.2. The van der Waals surface area contributed by atoms with Gasteiger partial charge in [-0.05, 0) is 30.9 Å². The molecule has 2 amide bonds. The van der Waals surface area contributed by atoms with Gasteiger partial charge >= 0.3 is 0 Å². The number of nitrogens with one attached hydrogen (secondary N) is 1. The lowest BCUT2D eigenvalue weighted by Gasteiger charge is -2.32. The Morgan fingerprint density at radius 2 is 2.04 bits per heavy atom. The Morgan fingerprint density at radius 3 is 2.81 bits per heavy atom. The minimum absolute atomic E-state index is 0.0396. The van der Waals surface area contributed by atoms with Gasteiger partial charge in [0, 0.05) is 38.4 Å². The van der Waals surface area contributed by atoms with E-state index < -0.39 is 0 Å².